The SMILES string of the molecule is CN(C)c1ccc(C2=C(c3ccccc3)C(=O)[C@]3(c4ccccc4)C[C@@]23c2ccc(N(C)C)cc2)cc1. The summed E-state index contributed by atoms with van der Waals surface area (Å²) < 4.78 is 0. The van der Waals surface area contributed by atoms with Crippen molar-refractivity contribution in [2.24, 2.45) is 0 Å². The second kappa shape index (κ2) is 8.48. The minimum absolute atomic E-state index is 0.230. The molecule has 2 aliphatic carbocycles. The normalized spacial score (nSPS) is 22.1. The number of rotatable bonds is 6. The van der Waals surface area contributed by atoms with Crippen molar-refractivity contribution in [2.75, 3.05) is 38.0 Å². The molecule has 3 heteroatoms. The van der Waals surface area contributed by atoms with Crippen LogP contribution in [0.2, 0.25) is 0 Å². The van der Waals surface area contributed by atoms with Gasteiger partial charge >= 0.3 is 0 Å². The highest BCUT2D eigenvalue weighted by Crippen LogP contribution is 2.77. The van der Waals surface area contributed by atoms with Crippen LogP contribution in [0, 0.1) is 0 Å². The number of nitrogens with zero attached hydrogens (tertiary/aromatic N) is 2. The summed E-state index contributed by atoms with van der Waals surface area (Å²) in [6.45, 7) is 0. The maximum Gasteiger partial charge on any atom is 0.175 e. The summed E-state index contributed by atoms with van der Waals surface area (Å²) in [7, 11) is 8.22. The molecule has 37 heavy (non-hydrogen) atoms. The first kappa shape index (κ1) is 23.3. The van der Waals surface area contributed by atoms with E-state index in [9.17, 15) is 4.79 Å². The zero-order valence-electron chi connectivity index (χ0n) is 21.9. The molecule has 0 aliphatic heterocycles. The van der Waals surface area contributed by atoms with Crippen LogP contribution in [-0.4, -0.2) is 34.0 Å². The predicted octanol–water partition coefficient (Wildman–Crippen LogP) is 6.59. The lowest BCUT2D eigenvalue weighted by Gasteiger charge is -2.24. The third-order valence-corrected chi connectivity index (χ3v) is 8.30. The van der Waals surface area contributed by atoms with Gasteiger partial charge in [0.1, 0.15) is 0 Å². The Hall–Kier alpha value is -4.11. The van der Waals surface area contributed by atoms with E-state index in [-0.39, 0.29) is 5.78 Å². The molecule has 2 aliphatic rings. The van der Waals surface area contributed by atoms with Crippen LogP contribution in [-0.2, 0) is 15.6 Å². The molecule has 1 fully saturated rings. The average Bonchev–Trinajstić information content (AvgIpc) is 3.58. The van der Waals surface area contributed by atoms with Crippen LogP contribution in [0.25, 0.3) is 11.1 Å². The summed E-state index contributed by atoms with van der Waals surface area (Å²) in [5, 5.41) is 0. The summed E-state index contributed by atoms with van der Waals surface area (Å²) >= 11 is 0. The van der Waals surface area contributed by atoms with E-state index in [4.69, 9.17) is 0 Å². The lowest BCUT2D eigenvalue weighted by molar-refractivity contribution is -0.115. The van der Waals surface area contributed by atoms with E-state index in [2.05, 4.69) is 123 Å². The van der Waals surface area contributed by atoms with Crippen molar-refractivity contribution < 1.29 is 4.79 Å². The van der Waals surface area contributed by atoms with Gasteiger partial charge in [-0.2, -0.15) is 0 Å². The number of carbonyl (C=O) groups excluding carboxylic acids is 1. The number of hydrogen-bond acceptors (Lipinski definition) is 3. The van der Waals surface area contributed by atoms with E-state index >= 15 is 0 Å². The quantitative estimate of drug-likeness (QED) is 0.308. The smallest absolute Gasteiger partial charge is 0.175 e. The number of ketones is 1. The molecule has 0 N–H and O–H groups in total. The molecule has 0 spiro atoms. The average molecular weight is 485 g/mol. The minimum atomic E-state index is -0.603. The van der Waals surface area contributed by atoms with Crippen LogP contribution in [0.4, 0.5) is 11.4 Å². The summed E-state index contributed by atoms with van der Waals surface area (Å²) in [5.41, 5.74) is 7.69. The Morgan fingerprint density at radius 1 is 0.541 bits per heavy atom. The second-order valence-electron chi connectivity index (χ2n) is 10.7. The van der Waals surface area contributed by atoms with Crippen molar-refractivity contribution in [1.82, 2.24) is 0 Å². The van der Waals surface area contributed by atoms with Gasteiger partial charge in [-0.05, 0) is 58.5 Å². The van der Waals surface area contributed by atoms with Crippen LogP contribution in [0.1, 0.15) is 28.7 Å². The molecule has 3 nitrogen and oxygen atoms in total. The van der Waals surface area contributed by atoms with Gasteiger partial charge in [-0.1, -0.05) is 84.9 Å². The van der Waals surface area contributed by atoms with E-state index in [1.54, 1.807) is 0 Å². The van der Waals surface area contributed by atoms with Crippen LogP contribution < -0.4 is 9.80 Å². The van der Waals surface area contributed by atoms with E-state index in [1.165, 1.54) is 5.56 Å². The van der Waals surface area contributed by atoms with Crippen LogP contribution in [0.5, 0.6) is 0 Å². The zero-order chi connectivity index (χ0) is 25.8. The maximum atomic E-state index is 14.7. The second-order valence-corrected chi connectivity index (χ2v) is 10.7. The van der Waals surface area contributed by atoms with Gasteiger partial charge in [-0.3, -0.25) is 4.79 Å². The molecule has 0 bridgehead atoms. The van der Waals surface area contributed by atoms with Gasteiger partial charge in [0.15, 0.2) is 5.78 Å². The van der Waals surface area contributed by atoms with Crippen LogP contribution in [0.3, 0.4) is 0 Å². The first-order valence-electron chi connectivity index (χ1n) is 12.9. The van der Waals surface area contributed by atoms with Gasteiger partial charge in [0.2, 0.25) is 0 Å². The molecule has 184 valence electrons. The molecule has 6 rings (SSSR count). The molecule has 0 heterocycles. The molecule has 1 saturated carbocycles. The van der Waals surface area contributed by atoms with Gasteiger partial charge in [0, 0.05) is 50.6 Å². The van der Waals surface area contributed by atoms with Crippen molar-refractivity contribution in [1.29, 1.82) is 0 Å². The number of Topliss-reactive ketones (excluding diaryl/α,β-unsaturated/α-hetero) is 1. The Labute approximate surface area is 219 Å². The summed E-state index contributed by atoms with van der Waals surface area (Å²) in [5.74, 6) is 0.230. The first-order chi connectivity index (χ1) is 17.9. The molecular formula is C34H32N2O. The summed E-state index contributed by atoms with van der Waals surface area (Å²) in [4.78, 5) is 18.9. The molecule has 0 amide bonds. The number of carbonyl (C=O) groups is 1. The summed E-state index contributed by atoms with van der Waals surface area (Å²) in [6.07, 6.45) is 0.783. The first-order valence-corrected chi connectivity index (χ1v) is 12.9. The van der Waals surface area contributed by atoms with E-state index in [0.717, 1.165) is 45.6 Å². The molecule has 0 unspecified atom stereocenters. The van der Waals surface area contributed by atoms with E-state index in [1.807, 2.05) is 24.3 Å². The molecule has 4 aromatic carbocycles. The largest absolute Gasteiger partial charge is 0.378 e. The Kier molecular flexibility index (Phi) is 5.34. The highest BCUT2D eigenvalue weighted by Gasteiger charge is 2.79. The Morgan fingerprint density at radius 2 is 1.03 bits per heavy atom. The Bertz CT molecular complexity index is 1490. The predicted molar refractivity (Wildman–Crippen MR) is 154 cm³/mol. The minimum Gasteiger partial charge on any atom is -0.378 e. The van der Waals surface area contributed by atoms with E-state index in [0.29, 0.717) is 0 Å². The number of fused-ring (bicyclic) bond motifs is 1. The van der Waals surface area contributed by atoms with Gasteiger partial charge in [-0.25, -0.2) is 0 Å². The standard InChI is InChI=1S/C34H32N2O/c1-35(2)28-19-15-25(16-20-28)31-30(24-11-7-5-8-12-24)32(37)34(26-13-9-6-10-14-26)23-33(31,34)27-17-21-29(22-18-27)36(3)4/h5-22H,23H2,1-4H3/t33-,34-/m1/s1. The van der Waals surface area contributed by atoms with Gasteiger partial charge < -0.3 is 9.80 Å². The maximum absolute atomic E-state index is 14.7. The number of allylic oxidation sites excluding steroid dienone is 2. The van der Waals surface area contributed by atoms with Gasteiger partial charge in [0.25, 0.3) is 0 Å². The Balaban J connectivity index is 1.65. The lowest BCUT2D eigenvalue weighted by atomic mass is 9.78. The van der Waals surface area contributed by atoms with Crippen LogP contribution in [0.15, 0.2) is 109 Å². The highest BCUT2D eigenvalue weighted by atomic mass is 16.1. The number of benzene rings is 4. The molecule has 4 aromatic rings. The fraction of sp³-hybridized carbons (Fsp3) is 0.206. The van der Waals surface area contributed by atoms with Gasteiger partial charge in [0.05, 0.1) is 5.41 Å². The fourth-order valence-electron chi connectivity index (χ4n) is 6.41. The molecular weight excluding hydrogens is 452 g/mol. The molecule has 2 atom stereocenters. The molecule has 0 aromatic heterocycles. The highest BCUT2D eigenvalue weighted by molar-refractivity contribution is 6.40. The lowest BCUT2D eigenvalue weighted by Crippen LogP contribution is -2.25. The number of anilines is 2. The van der Waals surface area contributed by atoms with Crippen molar-refractivity contribution in [3.8, 4) is 0 Å². The summed E-state index contributed by atoms with van der Waals surface area (Å²) in [6, 6.07) is 38.1. The monoisotopic (exact) mass is 484 g/mol. The van der Waals surface area contributed by atoms with Crippen molar-refractivity contribution in [3.05, 3.63) is 131 Å². The van der Waals surface area contributed by atoms with Crippen LogP contribution >= 0.6 is 0 Å². The van der Waals surface area contributed by atoms with Crippen molar-refractivity contribution in [3.63, 3.8) is 0 Å². The molecule has 0 radical (unpaired) electrons. The van der Waals surface area contributed by atoms with Crippen molar-refractivity contribution in [2.45, 2.75) is 17.3 Å². The third kappa shape index (κ3) is 3.30. The molecule has 0 saturated heterocycles. The van der Waals surface area contributed by atoms with E-state index < -0.39 is 10.8 Å². The zero-order valence-corrected chi connectivity index (χ0v) is 21.9. The fourth-order valence-corrected chi connectivity index (χ4v) is 6.41. The number of hydrogen-bond donors (Lipinski definition) is 0. The van der Waals surface area contributed by atoms with Gasteiger partial charge in [-0.15, -0.1) is 0 Å². The topological polar surface area (TPSA) is 23.6 Å². The third-order valence-electron chi connectivity index (χ3n) is 8.30. The Morgan fingerprint density at radius 3 is 1.57 bits per heavy atom. The van der Waals surface area contributed by atoms with Crippen molar-refractivity contribution >= 4 is 28.3 Å².